The third kappa shape index (κ3) is 2.62. The highest BCUT2D eigenvalue weighted by Gasteiger charge is 2.21. The molecular weight excluding hydrogens is 200 g/mol. The average Bonchev–Trinajstić information content (AvgIpc) is 2.25. The molecule has 0 amide bonds. The molecule has 0 atom stereocenters. The normalized spacial score (nSPS) is 11.6. The minimum absolute atomic E-state index is 0.0675. The first-order chi connectivity index (χ1) is 7.41. The number of anilines is 2. The second-order valence-corrected chi connectivity index (χ2v) is 4.52. The molecule has 90 valence electrons. The molecule has 1 heterocycles. The monoisotopic (exact) mass is 222 g/mol. The lowest BCUT2D eigenvalue weighted by Crippen LogP contribution is -2.34. The number of aromatic nitrogens is 2. The van der Waals surface area contributed by atoms with E-state index in [1.807, 2.05) is 13.8 Å². The van der Waals surface area contributed by atoms with Crippen LogP contribution >= 0.6 is 0 Å². The van der Waals surface area contributed by atoms with Crippen molar-refractivity contribution in [1.29, 1.82) is 0 Å². The summed E-state index contributed by atoms with van der Waals surface area (Å²) in [7, 11) is 0. The molecule has 0 aromatic carbocycles. The quantitative estimate of drug-likeness (QED) is 0.822. The SMILES string of the molecule is CCC(C)(CC)Nc1nc(C)nc(N)c1C. The van der Waals surface area contributed by atoms with Gasteiger partial charge in [-0.05, 0) is 33.6 Å². The van der Waals surface area contributed by atoms with E-state index in [2.05, 4.69) is 36.1 Å². The van der Waals surface area contributed by atoms with Crippen molar-refractivity contribution in [2.45, 2.75) is 53.0 Å². The summed E-state index contributed by atoms with van der Waals surface area (Å²) >= 11 is 0. The summed E-state index contributed by atoms with van der Waals surface area (Å²) in [4.78, 5) is 8.55. The Bertz CT molecular complexity index is 370. The Morgan fingerprint density at radius 1 is 1.19 bits per heavy atom. The molecule has 4 nitrogen and oxygen atoms in total. The van der Waals surface area contributed by atoms with Crippen LogP contribution in [0.2, 0.25) is 0 Å². The molecule has 1 aromatic rings. The zero-order chi connectivity index (χ0) is 12.3. The van der Waals surface area contributed by atoms with Crippen molar-refractivity contribution in [2.24, 2.45) is 0 Å². The first-order valence-electron chi connectivity index (χ1n) is 5.80. The van der Waals surface area contributed by atoms with Gasteiger partial charge in [0.2, 0.25) is 0 Å². The summed E-state index contributed by atoms with van der Waals surface area (Å²) < 4.78 is 0. The number of aryl methyl sites for hydroxylation is 1. The van der Waals surface area contributed by atoms with E-state index in [-0.39, 0.29) is 5.54 Å². The third-order valence-electron chi connectivity index (χ3n) is 3.28. The summed E-state index contributed by atoms with van der Waals surface area (Å²) in [5, 5.41) is 3.47. The zero-order valence-electron chi connectivity index (χ0n) is 10.9. The first-order valence-corrected chi connectivity index (χ1v) is 5.80. The Morgan fingerprint density at radius 2 is 1.75 bits per heavy atom. The van der Waals surface area contributed by atoms with Crippen molar-refractivity contribution < 1.29 is 0 Å². The number of nitrogens with zero attached hydrogens (tertiary/aromatic N) is 2. The molecule has 1 rings (SSSR count). The molecular formula is C12H22N4. The summed E-state index contributed by atoms with van der Waals surface area (Å²) in [6.45, 7) is 10.3. The molecule has 16 heavy (non-hydrogen) atoms. The maximum absolute atomic E-state index is 5.83. The molecule has 0 bridgehead atoms. The number of nitrogen functional groups attached to an aromatic ring is 1. The molecule has 4 heteroatoms. The molecule has 0 spiro atoms. The van der Waals surface area contributed by atoms with Crippen LogP contribution < -0.4 is 11.1 Å². The topological polar surface area (TPSA) is 63.8 Å². The molecule has 0 saturated heterocycles. The fourth-order valence-corrected chi connectivity index (χ4v) is 1.48. The van der Waals surface area contributed by atoms with Crippen LogP contribution in [0.4, 0.5) is 11.6 Å². The van der Waals surface area contributed by atoms with Gasteiger partial charge in [0, 0.05) is 11.1 Å². The Hall–Kier alpha value is -1.32. The van der Waals surface area contributed by atoms with Crippen molar-refractivity contribution >= 4 is 11.6 Å². The van der Waals surface area contributed by atoms with Gasteiger partial charge in [0.05, 0.1) is 0 Å². The minimum atomic E-state index is 0.0675. The lowest BCUT2D eigenvalue weighted by atomic mass is 9.95. The van der Waals surface area contributed by atoms with Crippen molar-refractivity contribution in [3.8, 4) is 0 Å². The van der Waals surface area contributed by atoms with Crippen molar-refractivity contribution in [1.82, 2.24) is 9.97 Å². The number of hydrogen-bond donors (Lipinski definition) is 2. The Morgan fingerprint density at radius 3 is 2.25 bits per heavy atom. The van der Waals surface area contributed by atoms with Gasteiger partial charge in [-0.1, -0.05) is 13.8 Å². The Balaban J connectivity index is 3.05. The molecule has 0 radical (unpaired) electrons. The van der Waals surface area contributed by atoms with Crippen molar-refractivity contribution in [2.75, 3.05) is 11.1 Å². The van der Waals surface area contributed by atoms with E-state index < -0.39 is 0 Å². The fourth-order valence-electron chi connectivity index (χ4n) is 1.48. The second-order valence-electron chi connectivity index (χ2n) is 4.52. The van der Waals surface area contributed by atoms with E-state index in [0.717, 1.165) is 24.2 Å². The highest BCUT2D eigenvalue weighted by molar-refractivity contribution is 5.55. The van der Waals surface area contributed by atoms with Gasteiger partial charge in [0.25, 0.3) is 0 Å². The fraction of sp³-hybridized carbons (Fsp3) is 0.667. The van der Waals surface area contributed by atoms with Gasteiger partial charge in [0.15, 0.2) is 0 Å². The number of hydrogen-bond acceptors (Lipinski definition) is 4. The molecule has 0 aliphatic heterocycles. The van der Waals surface area contributed by atoms with E-state index in [0.29, 0.717) is 11.6 Å². The Kier molecular flexibility index (Phi) is 3.73. The second kappa shape index (κ2) is 4.68. The predicted molar refractivity (Wildman–Crippen MR) is 68.5 cm³/mol. The number of nitrogens with one attached hydrogen (secondary N) is 1. The lowest BCUT2D eigenvalue weighted by molar-refractivity contribution is 0.476. The lowest BCUT2D eigenvalue weighted by Gasteiger charge is -2.29. The van der Waals surface area contributed by atoms with Gasteiger partial charge >= 0.3 is 0 Å². The molecule has 0 aliphatic rings. The van der Waals surface area contributed by atoms with Crippen LogP contribution in [0.3, 0.4) is 0 Å². The van der Waals surface area contributed by atoms with Crippen molar-refractivity contribution in [3.63, 3.8) is 0 Å². The summed E-state index contributed by atoms with van der Waals surface area (Å²) in [5.41, 5.74) is 6.83. The van der Waals surface area contributed by atoms with Crippen LogP contribution in [-0.4, -0.2) is 15.5 Å². The van der Waals surface area contributed by atoms with Crippen LogP contribution in [0.1, 0.15) is 45.0 Å². The molecule has 0 fully saturated rings. The van der Waals surface area contributed by atoms with Gasteiger partial charge in [-0.3, -0.25) is 0 Å². The Labute approximate surface area is 97.7 Å². The summed E-state index contributed by atoms with van der Waals surface area (Å²) in [5.74, 6) is 2.13. The largest absolute Gasteiger partial charge is 0.383 e. The minimum Gasteiger partial charge on any atom is -0.383 e. The van der Waals surface area contributed by atoms with Crippen LogP contribution in [0.5, 0.6) is 0 Å². The van der Waals surface area contributed by atoms with E-state index >= 15 is 0 Å². The van der Waals surface area contributed by atoms with Gasteiger partial charge < -0.3 is 11.1 Å². The molecule has 3 N–H and O–H groups in total. The maximum Gasteiger partial charge on any atom is 0.135 e. The van der Waals surface area contributed by atoms with E-state index in [1.165, 1.54) is 0 Å². The number of rotatable bonds is 4. The molecule has 1 aromatic heterocycles. The summed E-state index contributed by atoms with van der Waals surface area (Å²) in [6.07, 6.45) is 2.10. The predicted octanol–water partition coefficient (Wildman–Crippen LogP) is 2.67. The number of nitrogens with two attached hydrogens (primary N) is 1. The molecule has 0 unspecified atom stereocenters. The highest BCUT2D eigenvalue weighted by atomic mass is 15.1. The third-order valence-corrected chi connectivity index (χ3v) is 3.28. The van der Waals surface area contributed by atoms with E-state index in [9.17, 15) is 0 Å². The highest BCUT2D eigenvalue weighted by Crippen LogP contribution is 2.24. The van der Waals surface area contributed by atoms with Crippen LogP contribution in [0.15, 0.2) is 0 Å². The van der Waals surface area contributed by atoms with Crippen LogP contribution in [0.25, 0.3) is 0 Å². The molecule has 0 saturated carbocycles. The van der Waals surface area contributed by atoms with Gasteiger partial charge in [-0.2, -0.15) is 0 Å². The van der Waals surface area contributed by atoms with Gasteiger partial charge in [0.1, 0.15) is 17.5 Å². The average molecular weight is 222 g/mol. The first kappa shape index (κ1) is 12.7. The van der Waals surface area contributed by atoms with E-state index in [4.69, 9.17) is 5.73 Å². The maximum atomic E-state index is 5.83. The zero-order valence-corrected chi connectivity index (χ0v) is 10.9. The standard InChI is InChI=1S/C12H22N4/c1-6-12(5,7-2)16-11-8(3)10(13)14-9(4)15-11/h6-7H2,1-5H3,(H3,13,14,15,16). The van der Waals surface area contributed by atoms with Crippen molar-refractivity contribution in [3.05, 3.63) is 11.4 Å². The smallest absolute Gasteiger partial charge is 0.135 e. The van der Waals surface area contributed by atoms with E-state index in [1.54, 1.807) is 0 Å². The molecule has 0 aliphatic carbocycles. The van der Waals surface area contributed by atoms with Crippen LogP contribution in [-0.2, 0) is 0 Å². The van der Waals surface area contributed by atoms with Gasteiger partial charge in [-0.25, -0.2) is 9.97 Å². The van der Waals surface area contributed by atoms with Gasteiger partial charge in [-0.15, -0.1) is 0 Å². The summed E-state index contributed by atoms with van der Waals surface area (Å²) in [6, 6.07) is 0. The van der Waals surface area contributed by atoms with Crippen LogP contribution in [0, 0.1) is 13.8 Å².